The van der Waals surface area contributed by atoms with E-state index in [1.165, 1.54) is 0 Å². The minimum atomic E-state index is -0.0169. The zero-order valence-electron chi connectivity index (χ0n) is 11.1. The van der Waals surface area contributed by atoms with Crippen molar-refractivity contribution in [2.45, 2.75) is 6.04 Å². The molecule has 0 bridgehead atoms. The first-order valence-corrected chi connectivity index (χ1v) is 7.78. The molecule has 0 aliphatic rings. The maximum absolute atomic E-state index is 5.92. The van der Waals surface area contributed by atoms with Crippen molar-refractivity contribution in [2.75, 3.05) is 19.0 Å². The van der Waals surface area contributed by atoms with Gasteiger partial charge in [-0.1, -0.05) is 37.9 Å². The van der Waals surface area contributed by atoms with Crippen LogP contribution in [0.2, 0.25) is 0 Å². The second-order valence-corrected chi connectivity index (χ2v) is 6.16. The van der Waals surface area contributed by atoms with E-state index < -0.39 is 0 Å². The SMILES string of the molecule is COc1ccc(Br)cc1C(CN)Nc1cccc(Br)c1. The van der Waals surface area contributed by atoms with Gasteiger partial charge in [0, 0.05) is 26.7 Å². The summed E-state index contributed by atoms with van der Waals surface area (Å²) in [6, 6.07) is 13.9. The Bertz CT molecular complexity index is 590. The number of anilines is 1. The zero-order chi connectivity index (χ0) is 14.5. The smallest absolute Gasteiger partial charge is 0.124 e. The Morgan fingerprint density at radius 2 is 1.90 bits per heavy atom. The van der Waals surface area contributed by atoms with Crippen LogP contribution in [0.4, 0.5) is 5.69 Å². The fourth-order valence-corrected chi connectivity index (χ4v) is 2.80. The van der Waals surface area contributed by atoms with Crippen molar-refractivity contribution in [3.8, 4) is 5.75 Å². The molecule has 2 aromatic rings. The lowest BCUT2D eigenvalue weighted by Crippen LogP contribution is -2.21. The fourth-order valence-electron chi connectivity index (χ4n) is 2.02. The van der Waals surface area contributed by atoms with Crippen molar-refractivity contribution >= 4 is 37.5 Å². The summed E-state index contributed by atoms with van der Waals surface area (Å²) in [5, 5.41) is 3.43. The molecule has 0 aliphatic heterocycles. The first kappa shape index (κ1) is 15.4. The van der Waals surface area contributed by atoms with E-state index in [-0.39, 0.29) is 6.04 Å². The van der Waals surface area contributed by atoms with Crippen LogP contribution in [0.3, 0.4) is 0 Å². The first-order chi connectivity index (χ1) is 9.63. The molecule has 3 nitrogen and oxygen atoms in total. The molecule has 106 valence electrons. The molecule has 2 aromatic carbocycles. The molecule has 0 aromatic heterocycles. The van der Waals surface area contributed by atoms with Crippen molar-refractivity contribution in [2.24, 2.45) is 5.73 Å². The molecular weight excluding hydrogens is 384 g/mol. The second-order valence-electron chi connectivity index (χ2n) is 4.33. The van der Waals surface area contributed by atoms with Gasteiger partial charge in [-0.15, -0.1) is 0 Å². The van der Waals surface area contributed by atoms with Crippen LogP contribution < -0.4 is 15.8 Å². The predicted octanol–water partition coefficient (Wildman–Crippen LogP) is 4.33. The molecule has 0 aliphatic carbocycles. The zero-order valence-corrected chi connectivity index (χ0v) is 14.2. The normalized spacial score (nSPS) is 12.0. The van der Waals surface area contributed by atoms with Crippen LogP contribution >= 0.6 is 31.9 Å². The molecular formula is C15H16Br2N2O. The summed E-state index contributed by atoms with van der Waals surface area (Å²) in [5.74, 6) is 0.825. The maximum atomic E-state index is 5.92. The number of hydrogen-bond acceptors (Lipinski definition) is 3. The van der Waals surface area contributed by atoms with Gasteiger partial charge >= 0.3 is 0 Å². The van der Waals surface area contributed by atoms with Gasteiger partial charge in [0.2, 0.25) is 0 Å². The molecule has 0 saturated heterocycles. The Kier molecular flexibility index (Phi) is 5.46. The van der Waals surface area contributed by atoms with Crippen molar-refractivity contribution in [1.29, 1.82) is 0 Å². The molecule has 0 radical (unpaired) electrons. The van der Waals surface area contributed by atoms with Crippen LogP contribution in [-0.4, -0.2) is 13.7 Å². The molecule has 0 amide bonds. The van der Waals surface area contributed by atoms with E-state index in [1.807, 2.05) is 42.5 Å². The van der Waals surface area contributed by atoms with Crippen LogP contribution in [0.1, 0.15) is 11.6 Å². The summed E-state index contributed by atoms with van der Waals surface area (Å²) in [4.78, 5) is 0. The standard InChI is InChI=1S/C15H16Br2N2O/c1-20-15-6-5-11(17)8-13(15)14(9-18)19-12-4-2-3-10(16)7-12/h2-8,14,19H,9,18H2,1H3. The summed E-state index contributed by atoms with van der Waals surface area (Å²) >= 11 is 6.95. The summed E-state index contributed by atoms with van der Waals surface area (Å²) in [6.07, 6.45) is 0. The van der Waals surface area contributed by atoms with Gasteiger partial charge in [-0.05, 0) is 36.4 Å². The Morgan fingerprint density at radius 3 is 2.55 bits per heavy atom. The topological polar surface area (TPSA) is 47.3 Å². The maximum Gasteiger partial charge on any atom is 0.124 e. The lowest BCUT2D eigenvalue weighted by Gasteiger charge is -2.21. The van der Waals surface area contributed by atoms with Crippen LogP contribution in [0, 0.1) is 0 Å². The number of rotatable bonds is 5. The van der Waals surface area contributed by atoms with Crippen molar-refractivity contribution in [1.82, 2.24) is 0 Å². The molecule has 0 heterocycles. The first-order valence-electron chi connectivity index (χ1n) is 6.19. The van der Waals surface area contributed by atoms with Gasteiger partial charge in [-0.2, -0.15) is 0 Å². The molecule has 1 unspecified atom stereocenters. The van der Waals surface area contributed by atoms with Crippen molar-refractivity contribution < 1.29 is 4.74 Å². The third-order valence-corrected chi connectivity index (χ3v) is 3.95. The van der Waals surface area contributed by atoms with Gasteiger partial charge in [0.25, 0.3) is 0 Å². The molecule has 1 atom stereocenters. The van der Waals surface area contributed by atoms with Crippen molar-refractivity contribution in [3.05, 3.63) is 57.0 Å². The largest absolute Gasteiger partial charge is 0.496 e. The van der Waals surface area contributed by atoms with Gasteiger partial charge in [0.15, 0.2) is 0 Å². The van der Waals surface area contributed by atoms with E-state index in [0.717, 1.165) is 25.9 Å². The lowest BCUT2D eigenvalue weighted by atomic mass is 10.1. The summed E-state index contributed by atoms with van der Waals surface area (Å²) < 4.78 is 7.45. The number of halogens is 2. The Labute approximate surface area is 135 Å². The molecule has 2 rings (SSSR count). The summed E-state index contributed by atoms with van der Waals surface area (Å²) in [6.45, 7) is 0.472. The lowest BCUT2D eigenvalue weighted by molar-refractivity contribution is 0.407. The highest BCUT2D eigenvalue weighted by Crippen LogP contribution is 2.30. The monoisotopic (exact) mass is 398 g/mol. The highest BCUT2D eigenvalue weighted by Gasteiger charge is 2.15. The Hall–Kier alpha value is -1.04. The minimum Gasteiger partial charge on any atom is -0.496 e. The highest BCUT2D eigenvalue weighted by atomic mass is 79.9. The van der Waals surface area contributed by atoms with Gasteiger partial charge in [-0.3, -0.25) is 0 Å². The van der Waals surface area contributed by atoms with Crippen LogP contribution in [0.25, 0.3) is 0 Å². The summed E-state index contributed by atoms with van der Waals surface area (Å²) in [5.41, 5.74) is 7.96. The molecule has 20 heavy (non-hydrogen) atoms. The third kappa shape index (κ3) is 3.75. The number of benzene rings is 2. The number of methoxy groups -OCH3 is 1. The molecule has 5 heteroatoms. The quantitative estimate of drug-likeness (QED) is 0.786. The molecule has 3 N–H and O–H groups in total. The van der Waals surface area contributed by atoms with Gasteiger partial charge < -0.3 is 15.8 Å². The summed E-state index contributed by atoms with van der Waals surface area (Å²) in [7, 11) is 1.67. The molecule has 0 spiro atoms. The fraction of sp³-hybridized carbons (Fsp3) is 0.200. The third-order valence-electron chi connectivity index (χ3n) is 2.97. The van der Waals surface area contributed by atoms with E-state index >= 15 is 0 Å². The second kappa shape index (κ2) is 7.11. The van der Waals surface area contributed by atoms with E-state index in [9.17, 15) is 0 Å². The number of nitrogens with one attached hydrogen (secondary N) is 1. The van der Waals surface area contributed by atoms with Crippen LogP contribution in [0.5, 0.6) is 5.75 Å². The minimum absolute atomic E-state index is 0.0169. The average Bonchev–Trinajstić information content (AvgIpc) is 2.45. The Balaban J connectivity index is 2.30. The average molecular weight is 400 g/mol. The van der Waals surface area contributed by atoms with E-state index in [0.29, 0.717) is 6.54 Å². The van der Waals surface area contributed by atoms with Gasteiger partial charge in [0.05, 0.1) is 13.2 Å². The van der Waals surface area contributed by atoms with Crippen LogP contribution in [-0.2, 0) is 0 Å². The number of hydrogen-bond donors (Lipinski definition) is 2. The van der Waals surface area contributed by atoms with E-state index in [2.05, 4.69) is 37.2 Å². The predicted molar refractivity (Wildman–Crippen MR) is 90.3 cm³/mol. The van der Waals surface area contributed by atoms with E-state index in [4.69, 9.17) is 10.5 Å². The van der Waals surface area contributed by atoms with E-state index in [1.54, 1.807) is 7.11 Å². The van der Waals surface area contributed by atoms with Gasteiger partial charge in [-0.25, -0.2) is 0 Å². The van der Waals surface area contributed by atoms with Gasteiger partial charge in [0.1, 0.15) is 5.75 Å². The molecule has 0 fully saturated rings. The number of ether oxygens (including phenoxy) is 1. The highest BCUT2D eigenvalue weighted by molar-refractivity contribution is 9.10. The number of nitrogens with two attached hydrogens (primary N) is 1. The Morgan fingerprint density at radius 1 is 1.15 bits per heavy atom. The molecule has 0 saturated carbocycles. The van der Waals surface area contributed by atoms with Crippen molar-refractivity contribution in [3.63, 3.8) is 0 Å². The van der Waals surface area contributed by atoms with Crippen LogP contribution in [0.15, 0.2) is 51.4 Å².